The van der Waals surface area contributed by atoms with E-state index in [0.717, 1.165) is 5.56 Å². The van der Waals surface area contributed by atoms with Gasteiger partial charge in [0.1, 0.15) is 6.07 Å². The molecule has 5 N–H and O–H groups in total. The number of hydrogen-bond donors (Lipinski definition) is 4. The predicted molar refractivity (Wildman–Crippen MR) is 78.9 cm³/mol. The minimum atomic E-state index is -0.404. The number of nitrogens with two attached hydrogens (primary N) is 1. The second kappa shape index (κ2) is 6.12. The summed E-state index contributed by atoms with van der Waals surface area (Å²) >= 11 is 0. The van der Waals surface area contributed by atoms with E-state index in [1.165, 1.54) is 6.07 Å². The van der Waals surface area contributed by atoms with E-state index in [0.29, 0.717) is 11.4 Å². The highest BCUT2D eigenvalue weighted by atomic mass is 16.1. The van der Waals surface area contributed by atoms with Crippen LogP contribution in [0.3, 0.4) is 0 Å². The molecule has 8 heteroatoms. The van der Waals surface area contributed by atoms with Crippen LogP contribution < -0.4 is 16.7 Å². The summed E-state index contributed by atoms with van der Waals surface area (Å²) < 4.78 is 0. The van der Waals surface area contributed by atoms with E-state index in [-0.39, 0.29) is 11.3 Å². The van der Waals surface area contributed by atoms with Gasteiger partial charge in [-0.1, -0.05) is 12.1 Å². The Balaban J connectivity index is 2.16. The fraction of sp³-hybridized carbons (Fsp3) is 0. The number of hydrazone groups is 1. The zero-order chi connectivity index (χ0) is 15.2. The summed E-state index contributed by atoms with van der Waals surface area (Å²) in [6.45, 7) is 0. The van der Waals surface area contributed by atoms with Crippen molar-refractivity contribution in [1.29, 1.82) is 10.7 Å². The van der Waals surface area contributed by atoms with Crippen LogP contribution in [0.15, 0.2) is 46.3 Å². The van der Waals surface area contributed by atoms with E-state index in [9.17, 15) is 4.79 Å². The van der Waals surface area contributed by atoms with Gasteiger partial charge < -0.3 is 5.73 Å². The molecule has 0 bridgehead atoms. The van der Waals surface area contributed by atoms with Crippen molar-refractivity contribution in [3.8, 4) is 17.3 Å². The SMILES string of the molecule is N#C/C(=N\Nc1ccc(-c2ccc(=O)[nH]n2)cc1)C(=N)N. The highest BCUT2D eigenvalue weighted by Gasteiger charge is 2.02. The summed E-state index contributed by atoms with van der Waals surface area (Å²) in [5.41, 5.74) is 9.42. The molecule has 0 aliphatic carbocycles. The molecule has 0 atom stereocenters. The first-order valence-electron chi connectivity index (χ1n) is 5.84. The van der Waals surface area contributed by atoms with Crippen LogP contribution in [0.5, 0.6) is 0 Å². The topological polar surface area (TPSA) is 144 Å². The molecule has 2 rings (SSSR count). The Hall–Kier alpha value is -3.47. The minimum absolute atomic E-state index is 0.193. The van der Waals surface area contributed by atoms with Crippen molar-refractivity contribution in [2.24, 2.45) is 10.8 Å². The largest absolute Gasteiger partial charge is 0.382 e. The number of rotatable bonds is 4. The Morgan fingerprint density at radius 1 is 1.33 bits per heavy atom. The van der Waals surface area contributed by atoms with Crippen LogP contribution in [-0.4, -0.2) is 21.7 Å². The number of anilines is 1. The molecule has 0 radical (unpaired) electrons. The Labute approximate surface area is 119 Å². The lowest BCUT2D eigenvalue weighted by Gasteiger charge is -2.03. The highest BCUT2D eigenvalue weighted by Crippen LogP contribution is 2.18. The number of benzene rings is 1. The van der Waals surface area contributed by atoms with Crippen molar-refractivity contribution in [3.05, 3.63) is 46.8 Å². The third-order valence-corrected chi connectivity index (χ3v) is 2.52. The molecular formula is C13H11N7O. The number of aromatic nitrogens is 2. The van der Waals surface area contributed by atoms with Crippen LogP contribution in [0, 0.1) is 16.7 Å². The molecule has 1 aromatic heterocycles. The normalized spacial score (nSPS) is 10.7. The molecule has 0 spiro atoms. The molecule has 0 aliphatic rings. The maximum atomic E-state index is 10.9. The number of aromatic amines is 1. The predicted octanol–water partition coefficient (Wildman–Crippen LogP) is 0.664. The van der Waals surface area contributed by atoms with E-state index in [1.807, 2.05) is 0 Å². The summed E-state index contributed by atoms with van der Waals surface area (Å²) in [5.74, 6) is -0.404. The Morgan fingerprint density at radius 3 is 2.57 bits per heavy atom. The molecule has 0 saturated carbocycles. The van der Waals surface area contributed by atoms with Crippen LogP contribution in [0.4, 0.5) is 5.69 Å². The molecule has 1 aromatic carbocycles. The van der Waals surface area contributed by atoms with Gasteiger partial charge in [0.2, 0.25) is 5.71 Å². The summed E-state index contributed by atoms with van der Waals surface area (Å²) in [7, 11) is 0. The lowest BCUT2D eigenvalue weighted by molar-refractivity contribution is 0.995. The lowest BCUT2D eigenvalue weighted by Crippen LogP contribution is -2.21. The summed E-state index contributed by atoms with van der Waals surface area (Å²) in [6, 6.07) is 11.7. The Kier molecular flexibility index (Phi) is 4.06. The summed E-state index contributed by atoms with van der Waals surface area (Å²) in [6.07, 6.45) is 0. The molecule has 0 unspecified atom stereocenters. The minimum Gasteiger partial charge on any atom is -0.382 e. The van der Waals surface area contributed by atoms with Gasteiger partial charge in [0, 0.05) is 11.6 Å². The van der Waals surface area contributed by atoms with Crippen molar-refractivity contribution in [2.75, 3.05) is 5.43 Å². The maximum absolute atomic E-state index is 10.9. The van der Waals surface area contributed by atoms with Crippen molar-refractivity contribution < 1.29 is 0 Å². The zero-order valence-electron chi connectivity index (χ0n) is 10.8. The summed E-state index contributed by atoms with van der Waals surface area (Å²) in [5, 5.41) is 25.8. The van der Waals surface area contributed by atoms with Gasteiger partial charge in [0.15, 0.2) is 5.84 Å². The standard InChI is InChI=1S/C13H11N7O/c14-7-11(13(15)16)19-17-9-3-1-8(2-4-9)10-5-6-12(21)20-18-10/h1-6,17H,(H3,15,16)(H,20,21)/b19-11+. The van der Waals surface area contributed by atoms with Crippen LogP contribution in [-0.2, 0) is 0 Å². The molecule has 0 aliphatic heterocycles. The molecule has 21 heavy (non-hydrogen) atoms. The van der Waals surface area contributed by atoms with Crippen molar-refractivity contribution in [2.45, 2.75) is 0 Å². The monoisotopic (exact) mass is 281 g/mol. The zero-order valence-corrected chi connectivity index (χ0v) is 10.8. The average molecular weight is 281 g/mol. The number of hydrogen-bond acceptors (Lipinski definition) is 6. The first-order valence-corrected chi connectivity index (χ1v) is 5.84. The summed E-state index contributed by atoms with van der Waals surface area (Å²) in [4.78, 5) is 10.9. The van der Waals surface area contributed by atoms with E-state index >= 15 is 0 Å². The van der Waals surface area contributed by atoms with Gasteiger partial charge in [-0.2, -0.15) is 15.5 Å². The van der Waals surface area contributed by atoms with Gasteiger partial charge >= 0.3 is 0 Å². The van der Waals surface area contributed by atoms with Gasteiger partial charge in [0.25, 0.3) is 5.56 Å². The van der Waals surface area contributed by atoms with Gasteiger partial charge in [0.05, 0.1) is 11.4 Å². The first-order chi connectivity index (χ1) is 10.1. The molecule has 0 saturated heterocycles. The van der Waals surface area contributed by atoms with E-state index in [2.05, 4.69) is 20.7 Å². The lowest BCUT2D eigenvalue weighted by atomic mass is 10.1. The molecule has 2 aromatic rings. The van der Waals surface area contributed by atoms with Crippen LogP contribution >= 0.6 is 0 Å². The number of amidine groups is 1. The van der Waals surface area contributed by atoms with Gasteiger partial charge in [-0.15, -0.1) is 0 Å². The van der Waals surface area contributed by atoms with Crippen molar-refractivity contribution >= 4 is 17.2 Å². The quantitative estimate of drug-likeness (QED) is 0.370. The Morgan fingerprint density at radius 2 is 2.05 bits per heavy atom. The van der Waals surface area contributed by atoms with E-state index in [1.54, 1.807) is 36.4 Å². The van der Waals surface area contributed by atoms with Gasteiger partial charge in [-0.3, -0.25) is 15.6 Å². The van der Waals surface area contributed by atoms with Crippen LogP contribution in [0.1, 0.15) is 0 Å². The third kappa shape index (κ3) is 3.51. The van der Waals surface area contributed by atoms with Crippen LogP contribution in [0.25, 0.3) is 11.3 Å². The molecule has 1 heterocycles. The first kappa shape index (κ1) is 14.0. The highest BCUT2D eigenvalue weighted by molar-refractivity contribution is 6.45. The molecule has 0 amide bonds. The van der Waals surface area contributed by atoms with Crippen LogP contribution in [0.2, 0.25) is 0 Å². The number of H-pyrrole nitrogens is 1. The molecular weight excluding hydrogens is 270 g/mol. The fourth-order valence-corrected chi connectivity index (χ4v) is 1.49. The number of nitrogens with one attached hydrogen (secondary N) is 3. The van der Waals surface area contributed by atoms with E-state index in [4.69, 9.17) is 16.4 Å². The second-order valence-electron chi connectivity index (χ2n) is 3.98. The van der Waals surface area contributed by atoms with Gasteiger partial charge in [-0.05, 0) is 18.2 Å². The van der Waals surface area contributed by atoms with E-state index < -0.39 is 5.84 Å². The van der Waals surface area contributed by atoms with Crippen molar-refractivity contribution in [3.63, 3.8) is 0 Å². The number of nitriles is 1. The average Bonchev–Trinajstić information content (AvgIpc) is 2.49. The molecule has 0 fully saturated rings. The smallest absolute Gasteiger partial charge is 0.264 e. The van der Waals surface area contributed by atoms with Crippen molar-refractivity contribution in [1.82, 2.24) is 10.2 Å². The molecule has 8 nitrogen and oxygen atoms in total. The fourth-order valence-electron chi connectivity index (χ4n) is 1.49. The maximum Gasteiger partial charge on any atom is 0.264 e. The number of nitrogens with zero attached hydrogens (tertiary/aromatic N) is 3. The third-order valence-electron chi connectivity index (χ3n) is 2.52. The Bertz CT molecular complexity index is 763. The van der Waals surface area contributed by atoms with Gasteiger partial charge in [-0.25, -0.2) is 5.10 Å². The second-order valence-corrected chi connectivity index (χ2v) is 3.98. The molecule has 104 valence electrons.